The van der Waals surface area contributed by atoms with Crippen LogP contribution >= 0.6 is 0 Å². The van der Waals surface area contributed by atoms with Gasteiger partial charge in [-0.1, -0.05) is 25.5 Å². The van der Waals surface area contributed by atoms with Crippen molar-refractivity contribution >= 4 is 0 Å². The van der Waals surface area contributed by atoms with Crippen LogP contribution in [0.1, 0.15) is 38.7 Å². The first kappa shape index (κ1) is 14.4. The number of benzene rings is 1. The number of hydrogen-bond donors (Lipinski definition) is 2. The van der Waals surface area contributed by atoms with Crippen LogP contribution in [0.25, 0.3) is 0 Å². The first-order valence-electron chi connectivity index (χ1n) is 7.26. The molecule has 2 N–H and O–H groups in total. The Kier molecular flexibility index (Phi) is 4.83. The van der Waals surface area contributed by atoms with Crippen LogP contribution in [-0.2, 0) is 6.42 Å². The van der Waals surface area contributed by atoms with Gasteiger partial charge in [0.2, 0.25) is 0 Å². The van der Waals surface area contributed by atoms with Crippen molar-refractivity contribution in [2.75, 3.05) is 13.2 Å². The van der Waals surface area contributed by atoms with Crippen LogP contribution in [0.3, 0.4) is 0 Å². The van der Waals surface area contributed by atoms with E-state index in [1.54, 1.807) is 0 Å². The molecule has 1 unspecified atom stereocenters. The Morgan fingerprint density at radius 1 is 1.32 bits per heavy atom. The molecule has 0 spiro atoms. The van der Waals surface area contributed by atoms with Crippen molar-refractivity contribution in [3.8, 4) is 5.75 Å². The van der Waals surface area contributed by atoms with Gasteiger partial charge in [-0.25, -0.2) is 0 Å². The van der Waals surface area contributed by atoms with Gasteiger partial charge in [0, 0.05) is 12.6 Å². The second kappa shape index (κ2) is 6.40. The van der Waals surface area contributed by atoms with Crippen molar-refractivity contribution in [2.24, 2.45) is 0 Å². The van der Waals surface area contributed by atoms with E-state index in [1.165, 1.54) is 18.4 Å². The second-order valence-corrected chi connectivity index (χ2v) is 5.83. The van der Waals surface area contributed by atoms with Crippen LogP contribution < -0.4 is 10.1 Å². The molecule has 2 rings (SSSR count). The molecule has 1 aromatic rings. The van der Waals surface area contributed by atoms with E-state index in [-0.39, 0.29) is 0 Å². The maximum Gasteiger partial charge on any atom is 0.119 e. The number of hydrogen-bond acceptors (Lipinski definition) is 3. The Morgan fingerprint density at radius 3 is 2.58 bits per heavy atom. The normalized spacial score (nSPS) is 18.1. The van der Waals surface area contributed by atoms with Crippen LogP contribution in [-0.4, -0.2) is 29.9 Å². The molecule has 106 valence electrons. The van der Waals surface area contributed by atoms with Gasteiger partial charge in [0.15, 0.2) is 0 Å². The highest BCUT2D eigenvalue weighted by Gasteiger charge is 2.27. The van der Waals surface area contributed by atoms with Crippen LogP contribution in [0.5, 0.6) is 5.75 Å². The fourth-order valence-corrected chi connectivity index (χ4v) is 1.98. The summed E-state index contributed by atoms with van der Waals surface area (Å²) in [5, 5.41) is 13.5. The minimum Gasteiger partial charge on any atom is -0.491 e. The van der Waals surface area contributed by atoms with Crippen LogP contribution in [0, 0.1) is 0 Å². The van der Waals surface area contributed by atoms with Gasteiger partial charge in [-0.15, -0.1) is 0 Å². The molecule has 0 aromatic heterocycles. The molecule has 0 aliphatic heterocycles. The zero-order chi connectivity index (χ0) is 13.7. The number of aryl methyl sites for hydroxylation is 1. The molecule has 1 aliphatic rings. The van der Waals surface area contributed by atoms with Gasteiger partial charge in [0.1, 0.15) is 18.0 Å². The van der Waals surface area contributed by atoms with E-state index in [4.69, 9.17) is 4.74 Å². The Labute approximate surface area is 116 Å². The molecule has 3 heteroatoms. The van der Waals surface area contributed by atoms with E-state index < -0.39 is 5.60 Å². The van der Waals surface area contributed by atoms with Crippen LogP contribution in [0.4, 0.5) is 0 Å². The zero-order valence-corrected chi connectivity index (χ0v) is 12.0. The third-order valence-corrected chi connectivity index (χ3v) is 3.36. The van der Waals surface area contributed by atoms with Crippen molar-refractivity contribution in [2.45, 2.75) is 51.2 Å². The average Bonchev–Trinajstić information content (AvgIpc) is 3.20. The monoisotopic (exact) mass is 263 g/mol. The molecule has 1 aromatic carbocycles. The quantitative estimate of drug-likeness (QED) is 0.757. The lowest BCUT2D eigenvalue weighted by Gasteiger charge is -2.24. The fourth-order valence-electron chi connectivity index (χ4n) is 1.98. The van der Waals surface area contributed by atoms with Gasteiger partial charge in [-0.05, 0) is 43.9 Å². The molecule has 1 aliphatic carbocycles. The minimum atomic E-state index is -0.815. The van der Waals surface area contributed by atoms with Gasteiger partial charge in [-0.3, -0.25) is 0 Å². The molecule has 0 amide bonds. The summed E-state index contributed by atoms with van der Waals surface area (Å²) >= 11 is 0. The first-order valence-corrected chi connectivity index (χ1v) is 7.26. The third kappa shape index (κ3) is 5.21. The molecule has 0 radical (unpaired) electrons. The summed E-state index contributed by atoms with van der Waals surface area (Å²) in [5.41, 5.74) is 0.516. The topological polar surface area (TPSA) is 41.5 Å². The summed E-state index contributed by atoms with van der Waals surface area (Å²) in [6.45, 7) is 4.90. The molecular formula is C16H25NO2. The molecule has 19 heavy (non-hydrogen) atoms. The predicted octanol–water partition coefficient (Wildman–Crippen LogP) is 2.52. The molecular weight excluding hydrogens is 238 g/mol. The molecule has 0 heterocycles. The van der Waals surface area contributed by atoms with E-state index in [0.29, 0.717) is 19.2 Å². The van der Waals surface area contributed by atoms with Crippen molar-refractivity contribution in [3.05, 3.63) is 29.8 Å². The van der Waals surface area contributed by atoms with Gasteiger partial charge in [0.25, 0.3) is 0 Å². The number of ether oxygens (including phenoxy) is 1. The highest BCUT2D eigenvalue weighted by atomic mass is 16.5. The third-order valence-electron chi connectivity index (χ3n) is 3.36. The lowest BCUT2D eigenvalue weighted by molar-refractivity contribution is 0.0120. The number of aliphatic hydroxyl groups is 1. The van der Waals surface area contributed by atoms with E-state index in [1.807, 2.05) is 19.1 Å². The van der Waals surface area contributed by atoms with Gasteiger partial charge >= 0.3 is 0 Å². The van der Waals surface area contributed by atoms with Crippen LogP contribution in [0.2, 0.25) is 0 Å². The van der Waals surface area contributed by atoms with Crippen LogP contribution in [0.15, 0.2) is 24.3 Å². The lowest BCUT2D eigenvalue weighted by Crippen LogP contribution is -2.43. The van der Waals surface area contributed by atoms with E-state index in [9.17, 15) is 5.11 Å². The maximum atomic E-state index is 10.2. The van der Waals surface area contributed by atoms with E-state index >= 15 is 0 Å². The summed E-state index contributed by atoms with van der Waals surface area (Å²) in [5.74, 6) is 0.826. The van der Waals surface area contributed by atoms with Crippen molar-refractivity contribution in [1.29, 1.82) is 0 Å². The predicted molar refractivity (Wildman–Crippen MR) is 77.6 cm³/mol. The summed E-state index contributed by atoms with van der Waals surface area (Å²) in [4.78, 5) is 0. The number of rotatable bonds is 8. The molecule has 1 atom stereocenters. The largest absolute Gasteiger partial charge is 0.491 e. The fraction of sp³-hybridized carbons (Fsp3) is 0.625. The first-order chi connectivity index (χ1) is 9.09. The standard InChI is InChI=1S/C16H25NO2/c1-3-4-13-5-9-15(10-6-13)19-12-16(2,18)11-17-14-7-8-14/h5-6,9-10,14,17-18H,3-4,7-8,11-12H2,1-2H3. The molecule has 0 bridgehead atoms. The summed E-state index contributed by atoms with van der Waals surface area (Å²) < 4.78 is 5.67. The van der Waals surface area contributed by atoms with E-state index in [2.05, 4.69) is 24.4 Å². The SMILES string of the molecule is CCCc1ccc(OCC(C)(O)CNC2CC2)cc1. The minimum absolute atomic E-state index is 0.319. The smallest absolute Gasteiger partial charge is 0.119 e. The Morgan fingerprint density at radius 2 is 2.00 bits per heavy atom. The molecule has 0 saturated heterocycles. The van der Waals surface area contributed by atoms with E-state index in [0.717, 1.165) is 18.6 Å². The highest BCUT2D eigenvalue weighted by molar-refractivity contribution is 5.27. The summed E-state index contributed by atoms with van der Waals surface area (Å²) in [6.07, 6.45) is 4.72. The zero-order valence-electron chi connectivity index (χ0n) is 12.0. The van der Waals surface area contributed by atoms with Gasteiger partial charge in [-0.2, -0.15) is 0 Å². The van der Waals surface area contributed by atoms with Crippen molar-refractivity contribution in [1.82, 2.24) is 5.32 Å². The summed E-state index contributed by atoms with van der Waals surface area (Å²) in [6, 6.07) is 8.76. The summed E-state index contributed by atoms with van der Waals surface area (Å²) in [7, 11) is 0. The van der Waals surface area contributed by atoms with Crippen molar-refractivity contribution in [3.63, 3.8) is 0 Å². The molecule has 1 saturated carbocycles. The average molecular weight is 263 g/mol. The van der Waals surface area contributed by atoms with Crippen molar-refractivity contribution < 1.29 is 9.84 Å². The molecule has 3 nitrogen and oxygen atoms in total. The van der Waals surface area contributed by atoms with Gasteiger partial charge < -0.3 is 15.2 Å². The lowest BCUT2D eigenvalue weighted by atomic mass is 10.1. The Balaban J connectivity index is 1.76. The Bertz CT molecular complexity index is 382. The highest BCUT2D eigenvalue weighted by Crippen LogP contribution is 2.20. The number of nitrogens with one attached hydrogen (secondary N) is 1. The van der Waals surface area contributed by atoms with Gasteiger partial charge in [0.05, 0.1) is 0 Å². The second-order valence-electron chi connectivity index (χ2n) is 5.83. The Hall–Kier alpha value is -1.06. The maximum absolute atomic E-state index is 10.2. The molecule has 1 fully saturated rings.